The van der Waals surface area contributed by atoms with Gasteiger partial charge >= 0.3 is 12.1 Å². The van der Waals surface area contributed by atoms with E-state index in [1.54, 1.807) is 0 Å². The monoisotopic (exact) mass is 350 g/mol. The lowest BCUT2D eigenvalue weighted by Crippen LogP contribution is -3.00. The molecule has 1 aromatic carbocycles. The molecule has 0 saturated carbocycles. The van der Waals surface area contributed by atoms with Crippen LogP contribution in [-0.4, -0.2) is 47.2 Å². The lowest BCUT2D eigenvalue weighted by Gasteiger charge is -2.36. The van der Waals surface area contributed by atoms with Gasteiger partial charge in [-0.25, -0.2) is 14.5 Å². The van der Waals surface area contributed by atoms with Gasteiger partial charge in [0, 0.05) is 30.6 Å². The summed E-state index contributed by atoms with van der Waals surface area (Å²) in [5.41, 5.74) is 1.69. The number of hydrogen-bond donors (Lipinski definition) is 1. The number of urea groups is 1. The summed E-state index contributed by atoms with van der Waals surface area (Å²) >= 11 is 0. The highest BCUT2D eigenvalue weighted by Gasteiger charge is 2.41. The highest BCUT2D eigenvalue weighted by atomic mass is 35.5. The van der Waals surface area contributed by atoms with Crippen LogP contribution >= 0.6 is 0 Å². The second-order valence-corrected chi connectivity index (χ2v) is 6.70. The third-order valence-corrected chi connectivity index (χ3v) is 5.38. The molecular formula is C17H21ClN3O3-. The molecule has 3 amide bonds. The number of nitrogens with one attached hydrogen (secondary N) is 1. The Morgan fingerprint density at radius 1 is 1.21 bits per heavy atom. The Bertz CT molecular complexity index is 640. The van der Waals surface area contributed by atoms with Gasteiger partial charge in [-0.05, 0) is 31.5 Å². The maximum Gasteiger partial charge on any atom is 0.418 e. The minimum absolute atomic E-state index is 0. The highest BCUT2D eigenvalue weighted by molar-refractivity contribution is 6.01. The average Bonchev–Trinajstić information content (AvgIpc) is 2.75. The van der Waals surface area contributed by atoms with Gasteiger partial charge in [-0.3, -0.25) is 0 Å². The number of nitrogens with zero attached hydrogens (tertiary/aromatic N) is 2. The first-order valence-electron chi connectivity index (χ1n) is 8.21. The van der Waals surface area contributed by atoms with E-state index < -0.39 is 12.1 Å². The number of amides is 3. The van der Waals surface area contributed by atoms with Crippen molar-refractivity contribution in [1.29, 1.82) is 0 Å². The fourth-order valence-electron chi connectivity index (χ4n) is 4.02. The molecule has 0 aliphatic carbocycles. The van der Waals surface area contributed by atoms with Crippen LogP contribution in [-0.2, 0) is 11.3 Å². The maximum absolute atomic E-state index is 12.4. The fourth-order valence-corrected chi connectivity index (χ4v) is 4.02. The number of carbonyl (C=O) groups excluding carboxylic acids is 2. The lowest BCUT2D eigenvalue weighted by molar-refractivity contribution is -0.0000580. The van der Waals surface area contributed by atoms with Crippen molar-refractivity contribution < 1.29 is 26.7 Å². The summed E-state index contributed by atoms with van der Waals surface area (Å²) in [5.74, 6) is 0. The summed E-state index contributed by atoms with van der Waals surface area (Å²) in [6, 6.07) is 8.10. The molecule has 1 unspecified atom stereocenters. The number of piperidine rings is 1. The number of fused-ring (bicyclic) bond motifs is 3. The van der Waals surface area contributed by atoms with Gasteiger partial charge in [-0.15, -0.1) is 0 Å². The first-order chi connectivity index (χ1) is 11.1. The molecule has 3 aliphatic rings. The van der Waals surface area contributed by atoms with Crippen LogP contribution in [0.4, 0.5) is 15.3 Å². The molecule has 4 rings (SSSR count). The van der Waals surface area contributed by atoms with Crippen LogP contribution in [0.2, 0.25) is 0 Å². The molecule has 2 saturated heterocycles. The van der Waals surface area contributed by atoms with Crippen LogP contribution in [0.1, 0.15) is 31.2 Å². The third kappa shape index (κ3) is 2.96. The van der Waals surface area contributed by atoms with Gasteiger partial charge in [-0.2, -0.15) is 0 Å². The van der Waals surface area contributed by atoms with Crippen molar-refractivity contribution >= 4 is 17.8 Å². The van der Waals surface area contributed by atoms with Gasteiger partial charge in [0.2, 0.25) is 0 Å². The predicted molar refractivity (Wildman–Crippen MR) is 85.1 cm³/mol. The molecule has 3 atom stereocenters. The molecule has 0 radical (unpaired) electrons. The first-order valence-corrected chi connectivity index (χ1v) is 8.21. The van der Waals surface area contributed by atoms with E-state index in [1.165, 1.54) is 12.8 Å². The molecule has 0 spiro atoms. The summed E-state index contributed by atoms with van der Waals surface area (Å²) in [6.45, 7) is 0.264. The van der Waals surface area contributed by atoms with Gasteiger partial charge in [0.25, 0.3) is 0 Å². The first kappa shape index (κ1) is 17.0. The lowest BCUT2D eigenvalue weighted by atomic mass is 10.0. The highest BCUT2D eigenvalue weighted by Crippen LogP contribution is 2.36. The number of halogens is 1. The maximum atomic E-state index is 12.4. The molecule has 24 heavy (non-hydrogen) atoms. The summed E-state index contributed by atoms with van der Waals surface area (Å²) < 4.78 is 5.64. The minimum atomic E-state index is -0.536. The number of hydrogen-bond acceptors (Lipinski definition) is 4. The molecular weight excluding hydrogens is 330 g/mol. The summed E-state index contributed by atoms with van der Waals surface area (Å²) in [7, 11) is 2.15. The number of carbonyl (C=O) groups is 2. The van der Waals surface area contributed by atoms with Crippen molar-refractivity contribution in [2.45, 2.75) is 50.4 Å². The van der Waals surface area contributed by atoms with E-state index in [2.05, 4.69) is 17.3 Å². The Balaban J connectivity index is 0.00000169. The van der Waals surface area contributed by atoms with E-state index >= 15 is 0 Å². The molecule has 1 aromatic rings. The normalized spacial score (nSPS) is 28.6. The van der Waals surface area contributed by atoms with Crippen LogP contribution in [0.3, 0.4) is 0 Å². The van der Waals surface area contributed by atoms with Gasteiger partial charge in [0.15, 0.2) is 0 Å². The van der Waals surface area contributed by atoms with E-state index in [0.717, 1.165) is 29.0 Å². The van der Waals surface area contributed by atoms with E-state index in [-0.39, 0.29) is 25.1 Å². The summed E-state index contributed by atoms with van der Waals surface area (Å²) in [6.07, 6.45) is 3.46. The number of rotatable bonds is 1. The second-order valence-electron chi connectivity index (χ2n) is 6.70. The van der Waals surface area contributed by atoms with Gasteiger partial charge in [0.1, 0.15) is 6.10 Å². The van der Waals surface area contributed by atoms with Crippen LogP contribution < -0.4 is 17.7 Å². The molecule has 3 aliphatic heterocycles. The van der Waals surface area contributed by atoms with Crippen LogP contribution in [0, 0.1) is 0 Å². The minimum Gasteiger partial charge on any atom is -1.00 e. The summed E-state index contributed by atoms with van der Waals surface area (Å²) in [4.78, 5) is 28.1. The Hall–Kier alpha value is -1.79. The Morgan fingerprint density at radius 2 is 1.88 bits per heavy atom. The Labute approximate surface area is 147 Å². The zero-order valence-electron chi connectivity index (χ0n) is 13.6. The zero-order valence-corrected chi connectivity index (χ0v) is 14.3. The van der Waals surface area contributed by atoms with Crippen molar-refractivity contribution in [1.82, 2.24) is 9.80 Å². The van der Waals surface area contributed by atoms with Gasteiger partial charge < -0.3 is 27.4 Å². The van der Waals surface area contributed by atoms with Crippen molar-refractivity contribution in [3.05, 3.63) is 29.8 Å². The molecule has 7 heteroatoms. The van der Waals surface area contributed by atoms with Crippen LogP contribution in [0.15, 0.2) is 24.3 Å². The molecule has 3 heterocycles. The topological polar surface area (TPSA) is 61.9 Å². The molecule has 130 valence electrons. The van der Waals surface area contributed by atoms with Gasteiger partial charge in [0.05, 0.1) is 6.54 Å². The number of para-hydroxylation sites is 1. The van der Waals surface area contributed by atoms with Crippen molar-refractivity contribution in [3.63, 3.8) is 0 Å². The molecule has 0 aromatic heterocycles. The smallest absolute Gasteiger partial charge is 0.418 e. The molecule has 2 fully saturated rings. The number of imide groups is 1. The Morgan fingerprint density at radius 3 is 2.58 bits per heavy atom. The number of ether oxygens (including phenoxy) is 1. The zero-order chi connectivity index (χ0) is 16.0. The van der Waals surface area contributed by atoms with E-state index in [1.807, 2.05) is 24.3 Å². The fraction of sp³-hybridized carbons (Fsp3) is 0.529. The molecule has 6 nitrogen and oxygen atoms in total. The molecule has 2 bridgehead atoms. The second kappa shape index (κ2) is 6.61. The third-order valence-electron chi connectivity index (χ3n) is 5.38. The Kier molecular flexibility index (Phi) is 4.69. The molecule has 1 N–H and O–H groups in total. The van der Waals surface area contributed by atoms with Crippen LogP contribution in [0.5, 0.6) is 0 Å². The van der Waals surface area contributed by atoms with E-state index in [9.17, 15) is 9.59 Å². The summed E-state index contributed by atoms with van der Waals surface area (Å²) in [5, 5.41) is 2.74. The van der Waals surface area contributed by atoms with E-state index in [0.29, 0.717) is 12.1 Å². The van der Waals surface area contributed by atoms with E-state index in [4.69, 9.17) is 4.74 Å². The van der Waals surface area contributed by atoms with Crippen molar-refractivity contribution in [2.75, 3.05) is 12.4 Å². The average molecular weight is 351 g/mol. The van der Waals surface area contributed by atoms with Gasteiger partial charge in [-0.1, -0.05) is 18.2 Å². The number of anilines is 1. The van der Waals surface area contributed by atoms with Crippen LogP contribution in [0.25, 0.3) is 0 Å². The van der Waals surface area contributed by atoms with Crippen molar-refractivity contribution in [3.8, 4) is 0 Å². The SMILES string of the molecule is CN1[C@@H]2CC[C@H]1CC(OC(=O)N1Cc3ccccc3NC1=O)C2.[Cl-]. The largest absolute Gasteiger partial charge is 1.00 e. The standard InChI is InChI=1S/C17H21N3O3.ClH/c1-19-12-6-7-13(19)9-14(8-12)23-17(22)20-10-11-4-2-3-5-15(11)18-16(20)21;/h2-5,12-14H,6-10H2,1H3,(H,18,21);1H/p-1/t12-,13+,14?;. The quantitative estimate of drug-likeness (QED) is 0.762. The predicted octanol–water partition coefficient (Wildman–Crippen LogP) is -0.200. The van der Waals surface area contributed by atoms with Crippen molar-refractivity contribution in [2.24, 2.45) is 0 Å². The number of benzene rings is 1.